The molecule has 0 spiro atoms. The Kier molecular flexibility index (Phi) is 3.31. The molecule has 2 atom stereocenters. The number of nitrogens with one attached hydrogen (secondary N) is 1. The van der Waals surface area contributed by atoms with E-state index in [2.05, 4.69) is 16.3 Å². The van der Waals surface area contributed by atoms with Crippen molar-refractivity contribution in [2.45, 2.75) is 57.0 Å². The van der Waals surface area contributed by atoms with E-state index in [1.807, 2.05) is 0 Å². The number of piperidine rings is 1. The van der Waals surface area contributed by atoms with Gasteiger partial charge >= 0.3 is 0 Å². The van der Waals surface area contributed by atoms with Gasteiger partial charge in [-0.1, -0.05) is 6.42 Å². The minimum absolute atomic E-state index is 0.168. The van der Waals surface area contributed by atoms with E-state index < -0.39 is 0 Å². The molecule has 4 heteroatoms. The van der Waals surface area contributed by atoms with E-state index in [0.29, 0.717) is 12.1 Å². The molecule has 3 nitrogen and oxygen atoms in total. The Morgan fingerprint density at radius 2 is 2.15 bits per heavy atom. The third kappa shape index (κ3) is 2.19. The number of nitrogens with zero attached hydrogens (tertiary/aromatic N) is 1. The minimum atomic E-state index is 0.168. The van der Waals surface area contributed by atoms with Crippen molar-refractivity contribution in [2.75, 3.05) is 13.1 Å². The lowest BCUT2D eigenvalue weighted by Gasteiger charge is -2.32. The first kappa shape index (κ1) is 12.8. The summed E-state index contributed by atoms with van der Waals surface area (Å²) < 4.78 is 0. The van der Waals surface area contributed by atoms with Crippen molar-refractivity contribution >= 4 is 17.2 Å². The highest BCUT2D eigenvalue weighted by Gasteiger charge is 2.36. The summed E-state index contributed by atoms with van der Waals surface area (Å²) in [5, 5.41) is 3.31. The number of hydrogen-bond donors (Lipinski definition) is 1. The number of thiophene rings is 1. The lowest BCUT2D eigenvalue weighted by Crippen LogP contribution is -2.46. The third-order valence-corrected chi connectivity index (χ3v) is 6.38. The normalized spacial score (nSPS) is 29.2. The zero-order valence-electron chi connectivity index (χ0n) is 11.9. The van der Waals surface area contributed by atoms with Gasteiger partial charge in [0.1, 0.15) is 0 Å². The van der Waals surface area contributed by atoms with Gasteiger partial charge in [-0.25, -0.2) is 0 Å². The maximum absolute atomic E-state index is 12.5. The van der Waals surface area contributed by atoms with E-state index in [-0.39, 0.29) is 5.91 Å². The summed E-state index contributed by atoms with van der Waals surface area (Å²) in [6, 6.07) is 3.11. The van der Waals surface area contributed by atoms with Crippen LogP contribution in [0, 0.1) is 0 Å². The number of amides is 1. The van der Waals surface area contributed by atoms with Crippen LogP contribution in [0.1, 0.15) is 52.2 Å². The first-order valence-electron chi connectivity index (χ1n) is 7.98. The second kappa shape index (κ2) is 5.15. The van der Waals surface area contributed by atoms with Crippen molar-refractivity contribution in [1.82, 2.24) is 10.2 Å². The number of carbonyl (C=O) groups is 1. The average Bonchev–Trinajstić information content (AvgIpc) is 3.12. The van der Waals surface area contributed by atoms with Crippen molar-refractivity contribution in [3.8, 4) is 0 Å². The highest BCUT2D eigenvalue weighted by molar-refractivity contribution is 7.14. The molecule has 0 radical (unpaired) electrons. The molecule has 4 rings (SSSR count). The zero-order chi connectivity index (χ0) is 13.5. The van der Waals surface area contributed by atoms with Crippen LogP contribution in [0.25, 0.3) is 0 Å². The smallest absolute Gasteiger partial charge is 0.261 e. The van der Waals surface area contributed by atoms with Gasteiger partial charge in [0.25, 0.3) is 5.91 Å². The molecule has 108 valence electrons. The number of rotatable bonds is 2. The third-order valence-electron chi connectivity index (χ3n) is 5.14. The summed E-state index contributed by atoms with van der Waals surface area (Å²) in [5.41, 5.74) is 1.42. The molecule has 2 unspecified atom stereocenters. The summed E-state index contributed by atoms with van der Waals surface area (Å²) in [7, 11) is 0. The second-order valence-corrected chi connectivity index (χ2v) is 7.52. The first-order chi connectivity index (χ1) is 9.81. The molecule has 1 amide bonds. The molecule has 1 aromatic rings. The summed E-state index contributed by atoms with van der Waals surface area (Å²) in [6.45, 7) is 2.39. The summed E-state index contributed by atoms with van der Waals surface area (Å²) >= 11 is 1.72. The molecule has 0 bridgehead atoms. The Labute approximate surface area is 124 Å². The Bertz CT molecular complexity index is 503. The fraction of sp³-hybridized carbons (Fsp3) is 0.688. The van der Waals surface area contributed by atoms with E-state index >= 15 is 0 Å². The lowest BCUT2D eigenvalue weighted by molar-refractivity contribution is 0.0919. The molecule has 20 heavy (non-hydrogen) atoms. The van der Waals surface area contributed by atoms with Gasteiger partial charge in [0, 0.05) is 23.5 Å². The van der Waals surface area contributed by atoms with Gasteiger partial charge in [-0.2, -0.15) is 0 Å². The largest absolute Gasteiger partial charge is 0.347 e. The van der Waals surface area contributed by atoms with E-state index in [0.717, 1.165) is 17.8 Å². The fourth-order valence-corrected chi connectivity index (χ4v) is 5.25. The van der Waals surface area contributed by atoms with Crippen LogP contribution in [-0.4, -0.2) is 36.0 Å². The molecule has 2 fully saturated rings. The molecular formula is C16H22N2OS. The molecule has 0 aromatic carbocycles. The van der Waals surface area contributed by atoms with Gasteiger partial charge in [0.05, 0.1) is 4.88 Å². The monoisotopic (exact) mass is 290 g/mol. The maximum atomic E-state index is 12.5. The molecule has 2 saturated heterocycles. The van der Waals surface area contributed by atoms with Crippen LogP contribution in [0.3, 0.4) is 0 Å². The summed E-state index contributed by atoms with van der Waals surface area (Å²) in [4.78, 5) is 17.4. The molecule has 1 N–H and O–H groups in total. The Morgan fingerprint density at radius 3 is 3.05 bits per heavy atom. The van der Waals surface area contributed by atoms with E-state index in [4.69, 9.17) is 0 Å². The topological polar surface area (TPSA) is 32.3 Å². The fourth-order valence-electron chi connectivity index (χ4n) is 4.10. The summed E-state index contributed by atoms with van der Waals surface area (Å²) in [6.07, 6.45) is 8.64. The Morgan fingerprint density at radius 1 is 1.20 bits per heavy atom. The van der Waals surface area contributed by atoms with Crippen molar-refractivity contribution in [3.63, 3.8) is 0 Å². The molecule has 2 aliphatic heterocycles. The minimum Gasteiger partial charge on any atom is -0.347 e. The van der Waals surface area contributed by atoms with E-state index in [1.165, 1.54) is 55.5 Å². The van der Waals surface area contributed by atoms with Crippen molar-refractivity contribution in [3.05, 3.63) is 21.4 Å². The number of carbonyl (C=O) groups excluding carboxylic acids is 1. The Hall–Kier alpha value is -0.870. The zero-order valence-corrected chi connectivity index (χ0v) is 12.7. The van der Waals surface area contributed by atoms with Gasteiger partial charge in [-0.05, 0) is 56.7 Å². The molecule has 3 aliphatic rings. The quantitative estimate of drug-likeness (QED) is 0.908. The van der Waals surface area contributed by atoms with Crippen molar-refractivity contribution in [2.24, 2.45) is 0 Å². The predicted molar refractivity (Wildman–Crippen MR) is 81.4 cm³/mol. The highest BCUT2D eigenvalue weighted by Crippen LogP contribution is 2.31. The van der Waals surface area contributed by atoms with Crippen molar-refractivity contribution in [1.29, 1.82) is 0 Å². The first-order valence-corrected chi connectivity index (χ1v) is 8.79. The molecular weight excluding hydrogens is 268 g/mol. The number of fused-ring (bicyclic) bond motifs is 2. The van der Waals surface area contributed by atoms with E-state index in [1.54, 1.807) is 11.3 Å². The van der Waals surface area contributed by atoms with Crippen LogP contribution in [0.2, 0.25) is 0 Å². The van der Waals surface area contributed by atoms with E-state index in [9.17, 15) is 4.79 Å². The van der Waals surface area contributed by atoms with Crippen molar-refractivity contribution < 1.29 is 4.79 Å². The number of aryl methyl sites for hydroxylation is 2. The average molecular weight is 290 g/mol. The van der Waals surface area contributed by atoms with Crippen LogP contribution >= 0.6 is 11.3 Å². The van der Waals surface area contributed by atoms with Crippen LogP contribution in [-0.2, 0) is 12.8 Å². The standard InChI is InChI=1S/C16H22N2OS/c19-16(15-10-11-4-3-6-14(11)20-15)17-12-7-9-18-8-2-1-5-13(12)18/h10,12-13H,1-9H2,(H,17,19). The van der Waals surface area contributed by atoms with Crippen LogP contribution in [0.5, 0.6) is 0 Å². The van der Waals surface area contributed by atoms with Gasteiger partial charge in [-0.15, -0.1) is 11.3 Å². The molecule has 1 aliphatic carbocycles. The van der Waals surface area contributed by atoms with Gasteiger partial charge < -0.3 is 5.32 Å². The van der Waals surface area contributed by atoms with Crippen LogP contribution < -0.4 is 5.32 Å². The highest BCUT2D eigenvalue weighted by atomic mass is 32.1. The van der Waals surface area contributed by atoms with Gasteiger partial charge in [0.2, 0.25) is 0 Å². The molecule has 3 heterocycles. The van der Waals surface area contributed by atoms with Crippen LogP contribution in [0.4, 0.5) is 0 Å². The molecule has 0 saturated carbocycles. The second-order valence-electron chi connectivity index (χ2n) is 6.38. The van der Waals surface area contributed by atoms with Crippen LogP contribution in [0.15, 0.2) is 6.07 Å². The van der Waals surface area contributed by atoms with Gasteiger partial charge in [0.15, 0.2) is 0 Å². The summed E-state index contributed by atoms with van der Waals surface area (Å²) in [5.74, 6) is 0.168. The number of hydrogen-bond acceptors (Lipinski definition) is 3. The maximum Gasteiger partial charge on any atom is 0.261 e. The molecule has 1 aromatic heterocycles. The SMILES string of the molecule is O=C(NC1CCN2CCCCC12)c1cc2c(s1)CCC2. The lowest BCUT2D eigenvalue weighted by atomic mass is 9.99. The Balaban J connectivity index is 1.44. The van der Waals surface area contributed by atoms with Gasteiger partial charge in [-0.3, -0.25) is 9.69 Å². The predicted octanol–water partition coefficient (Wildman–Crippen LogP) is 2.59.